The summed E-state index contributed by atoms with van der Waals surface area (Å²) in [7, 11) is 0. The van der Waals surface area contributed by atoms with Crippen molar-refractivity contribution in [3.63, 3.8) is 0 Å². The largest absolute Gasteiger partial charge is 0.408 e. The fourth-order valence-electron chi connectivity index (χ4n) is 1.20. The van der Waals surface area contributed by atoms with Crippen LogP contribution in [0.1, 0.15) is 19.7 Å². The summed E-state index contributed by atoms with van der Waals surface area (Å²) >= 11 is 0. The predicted octanol–water partition coefficient (Wildman–Crippen LogP) is 1.59. The van der Waals surface area contributed by atoms with Gasteiger partial charge in [0.15, 0.2) is 0 Å². The highest BCUT2D eigenvalue weighted by molar-refractivity contribution is 4.84. The van der Waals surface area contributed by atoms with Crippen molar-refractivity contribution in [1.29, 1.82) is 0 Å². The van der Waals surface area contributed by atoms with Crippen LogP contribution < -0.4 is 5.32 Å². The fourth-order valence-corrected chi connectivity index (χ4v) is 1.20. The Morgan fingerprint density at radius 3 is 2.69 bits per heavy atom. The third-order valence-corrected chi connectivity index (χ3v) is 1.86. The van der Waals surface area contributed by atoms with Crippen LogP contribution >= 0.6 is 0 Å². The molecule has 1 rings (SSSR count). The van der Waals surface area contributed by atoms with Gasteiger partial charge in [-0.2, -0.15) is 18.3 Å². The second-order valence-corrected chi connectivity index (χ2v) is 3.97. The van der Waals surface area contributed by atoms with Gasteiger partial charge in [0.2, 0.25) is 0 Å². The van der Waals surface area contributed by atoms with Gasteiger partial charge in [-0.05, 0) is 12.5 Å². The van der Waals surface area contributed by atoms with Gasteiger partial charge in [0.05, 0.1) is 6.54 Å². The molecule has 0 aliphatic rings. The van der Waals surface area contributed by atoms with Crippen molar-refractivity contribution in [3.05, 3.63) is 12.2 Å². The number of rotatable bonds is 5. The summed E-state index contributed by atoms with van der Waals surface area (Å²) in [6, 6.07) is 0. The quantitative estimate of drug-likeness (QED) is 0.844. The van der Waals surface area contributed by atoms with Crippen molar-refractivity contribution in [1.82, 2.24) is 20.1 Å². The highest BCUT2D eigenvalue weighted by Gasteiger charge is 2.29. The third-order valence-electron chi connectivity index (χ3n) is 1.86. The molecule has 0 amide bonds. The van der Waals surface area contributed by atoms with E-state index in [9.17, 15) is 13.2 Å². The average molecular weight is 236 g/mol. The summed E-state index contributed by atoms with van der Waals surface area (Å²) in [6.45, 7) is 3.99. The molecule has 16 heavy (non-hydrogen) atoms. The summed E-state index contributed by atoms with van der Waals surface area (Å²) in [5.74, 6) is 0.747. The molecule has 0 fully saturated rings. The van der Waals surface area contributed by atoms with E-state index in [4.69, 9.17) is 0 Å². The van der Waals surface area contributed by atoms with E-state index in [0.29, 0.717) is 18.3 Å². The van der Waals surface area contributed by atoms with E-state index < -0.39 is 12.7 Å². The van der Waals surface area contributed by atoms with Crippen LogP contribution in [0.5, 0.6) is 0 Å². The van der Waals surface area contributed by atoms with E-state index in [1.54, 1.807) is 0 Å². The molecule has 0 aliphatic heterocycles. The predicted molar refractivity (Wildman–Crippen MR) is 52.6 cm³/mol. The van der Waals surface area contributed by atoms with E-state index in [1.807, 2.05) is 13.8 Å². The zero-order valence-electron chi connectivity index (χ0n) is 9.25. The first-order valence-corrected chi connectivity index (χ1v) is 5.02. The van der Waals surface area contributed by atoms with Gasteiger partial charge < -0.3 is 5.32 Å². The van der Waals surface area contributed by atoms with Crippen LogP contribution in [0.25, 0.3) is 0 Å². The third kappa shape index (κ3) is 4.61. The summed E-state index contributed by atoms with van der Waals surface area (Å²) in [6.07, 6.45) is -3.13. The Balaban J connectivity index is 2.51. The highest BCUT2D eigenvalue weighted by atomic mass is 19.4. The lowest BCUT2D eigenvalue weighted by molar-refractivity contribution is -0.143. The maximum Gasteiger partial charge on any atom is 0.408 e. The number of nitrogens with zero attached hydrogens (tertiary/aromatic N) is 3. The van der Waals surface area contributed by atoms with Crippen LogP contribution in [0.4, 0.5) is 13.2 Å². The Morgan fingerprint density at radius 2 is 2.12 bits per heavy atom. The monoisotopic (exact) mass is 236 g/mol. The van der Waals surface area contributed by atoms with E-state index in [-0.39, 0.29) is 0 Å². The van der Waals surface area contributed by atoms with Crippen molar-refractivity contribution in [3.8, 4) is 0 Å². The van der Waals surface area contributed by atoms with Gasteiger partial charge in [0.25, 0.3) is 0 Å². The zero-order chi connectivity index (χ0) is 12.2. The molecular weight excluding hydrogens is 221 g/mol. The van der Waals surface area contributed by atoms with Crippen LogP contribution in [0.3, 0.4) is 0 Å². The number of hydrogen-bond acceptors (Lipinski definition) is 3. The molecule has 0 aliphatic carbocycles. The van der Waals surface area contributed by atoms with Crippen molar-refractivity contribution >= 4 is 0 Å². The minimum atomic E-state index is -4.26. The molecule has 0 aromatic carbocycles. The van der Waals surface area contributed by atoms with Crippen molar-refractivity contribution in [2.45, 2.75) is 33.1 Å². The molecular formula is C9H15F3N4. The highest BCUT2D eigenvalue weighted by Crippen LogP contribution is 2.17. The molecule has 1 aromatic rings. The molecule has 0 unspecified atom stereocenters. The molecule has 7 heteroatoms. The Hall–Kier alpha value is -1.11. The Morgan fingerprint density at radius 1 is 1.44 bits per heavy atom. The van der Waals surface area contributed by atoms with Crippen LogP contribution in [-0.2, 0) is 13.1 Å². The molecule has 92 valence electrons. The first kappa shape index (κ1) is 13.0. The number of alkyl halides is 3. The Kier molecular flexibility index (Phi) is 4.28. The number of nitrogens with one attached hydrogen (secondary N) is 1. The fraction of sp³-hybridized carbons (Fsp3) is 0.778. The molecule has 0 radical (unpaired) electrons. The zero-order valence-corrected chi connectivity index (χ0v) is 9.25. The van der Waals surface area contributed by atoms with Gasteiger partial charge in [-0.3, -0.25) is 0 Å². The summed E-state index contributed by atoms with van der Waals surface area (Å²) in [5.41, 5.74) is 0. The van der Waals surface area contributed by atoms with Gasteiger partial charge in [-0.1, -0.05) is 13.8 Å². The van der Waals surface area contributed by atoms with Crippen LogP contribution in [-0.4, -0.2) is 27.5 Å². The minimum absolute atomic E-state index is 0.300. The first-order valence-electron chi connectivity index (χ1n) is 5.02. The van der Waals surface area contributed by atoms with E-state index in [1.165, 1.54) is 0 Å². The van der Waals surface area contributed by atoms with Gasteiger partial charge in [0.1, 0.15) is 18.7 Å². The average Bonchev–Trinajstić information content (AvgIpc) is 2.49. The van der Waals surface area contributed by atoms with Crippen molar-refractivity contribution < 1.29 is 13.2 Å². The Labute approximate surface area is 91.9 Å². The van der Waals surface area contributed by atoms with Crippen LogP contribution in [0.2, 0.25) is 0 Å². The maximum atomic E-state index is 12.1. The van der Waals surface area contributed by atoms with E-state index >= 15 is 0 Å². The standard InChI is InChI=1S/C9H15F3N4/c1-7(2)3-13-4-8-14-6-15-16(8)5-9(10,11)12/h6-7,13H,3-5H2,1-2H3. The summed E-state index contributed by atoms with van der Waals surface area (Å²) in [4.78, 5) is 3.79. The van der Waals surface area contributed by atoms with Gasteiger partial charge >= 0.3 is 6.18 Å². The maximum absolute atomic E-state index is 12.1. The molecule has 0 bridgehead atoms. The second-order valence-electron chi connectivity index (χ2n) is 3.97. The second kappa shape index (κ2) is 5.29. The lowest BCUT2D eigenvalue weighted by Crippen LogP contribution is -2.25. The van der Waals surface area contributed by atoms with Crippen molar-refractivity contribution in [2.24, 2.45) is 5.92 Å². The molecule has 0 saturated heterocycles. The molecule has 4 nitrogen and oxygen atoms in total. The van der Waals surface area contributed by atoms with Gasteiger partial charge in [-0.25, -0.2) is 9.67 Å². The number of aromatic nitrogens is 3. The molecule has 0 saturated carbocycles. The van der Waals surface area contributed by atoms with Crippen molar-refractivity contribution in [2.75, 3.05) is 6.54 Å². The van der Waals surface area contributed by atoms with E-state index in [2.05, 4.69) is 15.4 Å². The van der Waals surface area contributed by atoms with Crippen LogP contribution in [0.15, 0.2) is 6.33 Å². The SMILES string of the molecule is CC(C)CNCc1ncnn1CC(F)(F)F. The summed E-state index contributed by atoms with van der Waals surface area (Å²) < 4.78 is 37.3. The molecule has 0 spiro atoms. The first-order chi connectivity index (χ1) is 7.38. The van der Waals surface area contributed by atoms with Crippen LogP contribution in [0, 0.1) is 5.92 Å². The molecule has 0 atom stereocenters. The molecule has 1 heterocycles. The normalized spacial score (nSPS) is 12.4. The smallest absolute Gasteiger partial charge is 0.310 e. The lowest BCUT2D eigenvalue weighted by Gasteiger charge is -2.10. The summed E-state index contributed by atoms with van der Waals surface area (Å²) in [5, 5.41) is 6.57. The molecule has 1 N–H and O–H groups in total. The minimum Gasteiger partial charge on any atom is -0.310 e. The topological polar surface area (TPSA) is 42.7 Å². The van der Waals surface area contributed by atoms with E-state index in [0.717, 1.165) is 17.6 Å². The Bertz CT molecular complexity index is 319. The lowest BCUT2D eigenvalue weighted by atomic mass is 10.2. The van der Waals surface area contributed by atoms with Gasteiger partial charge in [-0.15, -0.1) is 0 Å². The molecule has 1 aromatic heterocycles. The number of halogens is 3. The van der Waals surface area contributed by atoms with Gasteiger partial charge in [0, 0.05) is 0 Å². The number of hydrogen-bond donors (Lipinski definition) is 1.